The van der Waals surface area contributed by atoms with Crippen LogP contribution < -0.4 is 20.8 Å². The zero-order valence-corrected chi connectivity index (χ0v) is 11.9. The lowest BCUT2D eigenvalue weighted by atomic mass is 10.2. The van der Waals surface area contributed by atoms with Crippen LogP contribution in [0.3, 0.4) is 0 Å². The number of aromatic nitrogens is 1. The lowest BCUT2D eigenvalue weighted by molar-refractivity contribution is 0.198. The fourth-order valence-electron chi connectivity index (χ4n) is 1.92. The Morgan fingerprint density at radius 3 is 2.86 bits per heavy atom. The van der Waals surface area contributed by atoms with E-state index in [2.05, 4.69) is 15.6 Å². The second-order valence-corrected chi connectivity index (χ2v) is 4.29. The van der Waals surface area contributed by atoms with E-state index in [0.717, 1.165) is 0 Å². The average molecular weight is 291 g/mol. The highest BCUT2D eigenvalue weighted by Crippen LogP contribution is 2.21. The molecule has 0 aliphatic carbocycles. The monoisotopic (exact) mass is 291 g/mol. The number of carbonyl (C=O) groups is 1. The van der Waals surface area contributed by atoms with Gasteiger partial charge in [-0.3, -0.25) is 4.79 Å². The molecule has 0 saturated carbocycles. The minimum atomic E-state index is -0.459. The largest absolute Gasteiger partial charge is 0.495 e. The summed E-state index contributed by atoms with van der Waals surface area (Å²) in [6.07, 6.45) is 1.45. The Hall–Kier alpha value is -2.54. The third-order valence-electron chi connectivity index (χ3n) is 2.94. The summed E-state index contributed by atoms with van der Waals surface area (Å²) in [5, 5.41) is 5.53. The molecule has 0 radical (unpaired) electrons. The zero-order valence-electron chi connectivity index (χ0n) is 11.9. The second kappa shape index (κ2) is 6.76. The van der Waals surface area contributed by atoms with Gasteiger partial charge in [0.2, 0.25) is 5.43 Å². The SMILES string of the molecule is COCCNC(=O)Nc1c[nH]c2c(OC)cccc2c1=O. The Labute approximate surface area is 121 Å². The van der Waals surface area contributed by atoms with Crippen LogP contribution in [0.5, 0.6) is 5.75 Å². The van der Waals surface area contributed by atoms with Crippen molar-refractivity contribution >= 4 is 22.6 Å². The third kappa shape index (κ3) is 3.32. The fourth-order valence-corrected chi connectivity index (χ4v) is 1.92. The summed E-state index contributed by atoms with van der Waals surface area (Å²) in [4.78, 5) is 26.9. The number of hydrogen-bond donors (Lipinski definition) is 3. The number of pyridine rings is 1. The molecule has 2 amide bonds. The highest BCUT2D eigenvalue weighted by Gasteiger charge is 2.10. The van der Waals surface area contributed by atoms with Crippen LogP contribution in [-0.4, -0.2) is 38.4 Å². The summed E-state index contributed by atoms with van der Waals surface area (Å²) in [7, 11) is 3.07. The maximum atomic E-state index is 12.3. The Balaban J connectivity index is 2.24. The summed E-state index contributed by atoms with van der Waals surface area (Å²) < 4.78 is 10.0. The number of hydrogen-bond acceptors (Lipinski definition) is 4. The molecule has 112 valence electrons. The van der Waals surface area contributed by atoms with Crippen molar-refractivity contribution in [3.8, 4) is 5.75 Å². The first kappa shape index (κ1) is 14.9. The predicted molar refractivity (Wildman–Crippen MR) is 80.0 cm³/mol. The second-order valence-electron chi connectivity index (χ2n) is 4.29. The lowest BCUT2D eigenvalue weighted by Gasteiger charge is -2.09. The maximum Gasteiger partial charge on any atom is 0.319 e. The number of rotatable bonds is 5. The van der Waals surface area contributed by atoms with E-state index >= 15 is 0 Å². The molecule has 1 aromatic carbocycles. The van der Waals surface area contributed by atoms with E-state index in [9.17, 15) is 9.59 Å². The number of H-pyrrole nitrogens is 1. The summed E-state index contributed by atoms with van der Waals surface area (Å²) in [6.45, 7) is 0.764. The molecule has 1 heterocycles. The lowest BCUT2D eigenvalue weighted by Crippen LogP contribution is -2.33. The molecule has 0 atom stereocenters. The fraction of sp³-hybridized carbons (Fsp3) is 0.286. The minimum Gasteiger partial charge on any atom is -0.495 e. The van der Waals surface area contributed by atoms with Gasteiger partial charge >= 0.3 is 6.03 Å². The highest BCUT2D eigenvalue weighted by atomic mass is 16.5. The zero-order chi connectivity index (χ0) is 15.2. The Morgan fingerprint density at radius 1 is 1.33 bits per heavy atom. The number of carbonyl (C=O) groups excluding carboxylic acids is 1. The predicted octanol–water partition coefficient (Wildman–Crippen LogP) is 1.30. The molecule has 0 spiro atoms. The first-order chi connectivity index (χ1) is 10.2. The van der Waals surface area contributed by atoms with E-state index in [1.165, 1.54) is 13.3 Å². The van der Waals surface area contributed by atoms with Gasteiger partial charge in [-0.1, -0.05) is 6.07 Å². The number of ether oxygens (including phenoxy) is 2. The van der Waals surface area contributed by atoms with Crippen LogP contribution in [0, 0.1) is 0 Å². The average Bonchev–Trinajstić information content (AvgIpc) is 2.50. The molecule has 2 rings (SSSR count). The van der Waals surface area contributed by atoms with Gasteiger partial charge in [-0.05, 0) is 12.1 Å². The molecule has 0 saturated heterocycles. The summed E-state index contributed by atoms with van der Waals surface area (Å²) in [5.74, 6) is 0.570. The number of benzene rings is 1. The van der Waals surface area contributed by atoms with Crippen LogP contribution in [0.1, 0.15) is 0 Å². The molecule has 0 fully saturated rings. The first-order valence-electron chi connectivity index (χ1n) is 6.39. The summed E-state index contributed by atoms with van der Waals surface area (Å²) in [6, 6.07) is 4.69. The number of fused-ring (bicyclic) bond motifs is 1. The van der Waals surface area contributed by atoms with Crippen molar-refractivity contribution in [3.63, 3.8) is 0 Å². The van der Waals surface area contributed by atoms with Crippen molar-refractivity contribution in [3.05, 3.63) is 34.6 Å². The van der Waals surface area contributed by atoms with E-state index in [-0.39, 0.29) is 11.1 Å². The Morgan fingerprint density at radius 2 is 2.14 bits per heavy atom. The molecule has 0 aliphatic heterocycles. The van der Waals surface area contributed by atoms with Crippen LogP contribution >= 0.6 is 0 Å². The molecule has 0 bridgehead atoms. The van der Waals surface area contributed by atoms with Crippen LogP contribution in [0.15, 0.2) is 29.2 Å². The molecule has 7 heteroatoms. The molecule has 3 N–H and O–H groups in total. The van der Waals surface area contributed by atoms with Gasteiger partial charge in [0.15, 0.2) is 0 Å². The summed E-state index contributed by atoms with van der Waals surface area (Å²) >= 11 is 0. The van der Waals surface area contributed by atoms with Crippen molar-refractivity contribution in [1.82, 2.24) is 10.3 Å². The van der Waals surface area contributed by atoms with Gasteiger partial charge < -0.3 is 25.1 Å². The number of urea groups is 1. The molecule has 2 aromatic rings. The Kier molecular flexibility index (Phi) is 4.78. The van der Waals surface area contributed by atoms with Crippen molar-refractivity contribution in [1.29, 1.82) is 0 Å². The van der Waals surface area contributed by atoms with Gasteiger partial charge in [0, 0.05) is 19.9 Å². The van der Waals surface area contributed by atoms with Crippen LogP contribution in [0.4, 0.5) is 10.5 Å². The van der Waals surface area contributed by atoms with Gasteiger partial charge in [0.25, 0.3) is 0 Å². The van der Waals surface area contributed by atoms with Crippen molar-refractivity contribution in [2.75, 3.05) is 32.7 Å². The number of methoxy groups -OCH3 is 2. The molecule has 0 unspecified atom stereocenters. The summed E-state index contributed by atoms with van der Waals surface area (Å²) in [5.41, 5.74) is 0.491. The van der Waals surface area contributed by atoms with Crippen LogP contribution in [0.2, 0.25) is 0 Å². The van der Waals surface area contributed by atoms with E-state index in [0.29, 0.717) is 29.8 Å². The maximum absolute atomic E-state index is 12.3. The number of para-hydroxylation sites is 1. The van der Waals surface area contributed by atoms with Gasteiger partial charge in [0.1, 0.15) is 11.4 Å². The van der Waals surface area contributed by atoms with Crippen molar-refractivity contribution in [2.24, 2.45) is 0 Å². The highest BCUT2D eigenvalue weighted by molar-refractivity contribution is 5.93. The van der Waals surface area contributed by atoms with E-state index < -0.39 is 6.03 Å². The van der Waals surface area contributed by atoms with E-state index in [1.54, 1.807) is 25.3 Å². The topological polar surface area (TPSA) is 92.5 Å². The minimum absolute atomic E-state index is 0.172. The number of nitrogens with one attached hydrogen (secondary N) is 3. The van der Waals surface area contributed by atoms with Gasteiger partial charge in [-0.15, -0.1) is 0 Å². The van der Waals surface area contributed by atoms with Crippen LogP contribution in [0.25, 0.3) is 10.9 Å². The van der Waals surface area contributed by atoms with Crippen molar-refractivity contribution < 1.29 is 14.3 Å². The smallest absolute Gasteiger partial charge is 0.319 e. The number of aromatic amines is 1. The number of amides is 2. The molecular formula is C14H17N3O4. The number of anilines is 1. The molecule has 7 nitrogen and oxygen atoms in total. The quantitative estimate of drug-likeness (QED) is 0.724. The van der Waals surface area contributed by atoms with Gasteiger partial charge in [-0.25, -0.2) is 4.79 Å². The third-order valence-corrected chi connectivity index (χ3v) is 2.94. The molecule has 21 heavy (non-hydrogen) atoms. The standard InChI is InChI=1S/C14H17N3O4/c1-20-7-6-15-14(19)17-10-8-16-12-9(13(10)18)4-3-5-11(12)21-2/h3-5,8H,6-7H2,1-2H3,(H,16,18)(H2,15,17,19). The van der Waals surface area contributed by atoms with E-state index in [1.807, 2.05) is 0 Å². The molecular weight excluding hydrogens is 274 g/mol. The normalized spacial score (nSPS) is 10.4. The first-order valence-corrected chi connectivity index (χ1v) is 6.39. The van der Waals surface area contributed by atoms with E-state index in [4.69, 9.17) is 9.47 Å². The Bertz CT molecular complexity index is 696. The van der Waals surface area contributed by atoms with Gasteiger partial charge in [0.05, 0.1) is 24.6 Å². The molecule has 1 aromatic heterocycles. The molecule has 0 aliphatic rings. The van der Waals surface area contributed by atoms with Crippen LogP contribution in [-0.2, 0) is 4.74 Å². The van der Waals surface area contributed by atoms with Crippen molar-refractivity contribution in [2.45, 2.75) is 0 Å². The van der Waals surface area contributed by atoms with Gasteiger partial charge in [-0.2, -0.15) is 0 Å².